The van der Waals surface area contributed by atoms with Gasteiger partial charge in [0.2, 0.25) is 0 Å². The number of aromatic nitrogens is 4. The van der Waals surface area contributed by atoms with Crippen molar-refractivity contribution in [3.05, 3.63) is 35.7 Å². The summed E-state index contributed by atoms with van der Waals surface area (Å²) < 4.78 is 4.34. The Morgan fingerprint density at radius 3 is 2.67 bits per heavy atom. The maximum atomic E-state index is 4.68. The number of hydrogen-bond acceptors (Lipinski definition) is 3. The summed E-state index contributed by atoms with van der Waals surface area (Å²) in [6.45, 7) is 11.4. The van der Waals surface area contributed by atoms with Gasteiger partial charge in [0.15, 0.2) is 0 Å². The molecule has 0 radical (unpaired) electrons. The lowest BCUT2D eigenvalue weighted by atomic mass is 10.1. The molecule has 0 fully saturated rings. The van der Waals surface area contributed by atoms with E-state index >= 15 is 0 Å². The number of imidazole rings is 1. The molecule has 116 valence electrons. The van der Waals surface area contributed by atoms with Crippen LogP contribution in [-0.2, 0) is 19.5 Å². The van der Waals surface area contributed by atoms with Crippen molar-refractivity contribution < 1.29 is 0 Å². The van der Waals surface area contributed by atoms with Crippen LogP contribution in [0.1, 0.15) is 57.4 Å². The second-order valence-corrected chi connectivity index (χ2v) is 5.20. The second-order valence-electron chi connectivity index (χ2n) is 5.20. The number of nitrogens with one attached hydrogen (secondary N) is 1. The van der Waals surface area contributed by atoms with Crippen LogP contribution in [0.4, 0.5) is 0 Å². The van der Waals surface area contributed by atoms with Gasteiger partial charge in [0.1, 0.15) is 11.9 Å². The van der Waals surface area contributed by atoms with Gasteiger partial charge in [-0.1, -0.05) is 20.8 Å². The Kier molecular flexibility index (Phi) is 5.56. The van der Waals surface area contributed by atoms with E-state index in [-0.39, 0.29) is 6.04 Å². The Morgan fingerprint density at radius 2 is 2.05 bits per heavy atom. The normalized spacial score (nSPS) is 12.8. The number of hydrogen-bond donors (Lipinski definition) is 1. The molecule has 0 amide bonds. The topological polar surface area (TPSA) is 47.7 Å². The summed E-state index contributed by atoms with van der Waals surface area (Å²) in [5.74, 6) is 1.08. The Morgan fingerprint density at radius 1 is 1.24 bits per heavy atom. The molecule has 0 bridgehead atoms. The van der Waals surface area contributed by atoms with Crippen LogP contribution in [0.15, 0.2) is 18.5 Å². The highest BCUT2D eigenvalue weighted by Crippen LogP contribution is 2.22. The molecule has 5 nitrogen and oxygen atoms in total. The molecule has 2 heterocycles. The molecule has 0 spiro atoms. The van der Waals surface area contributed by atoms with Crippen LogP contribution in [0.2, 0.25) is 0 Å². The van der Waals surface area contributed by atoms with Crippen LogP contribution in [0, 0.1) is 0 Å². The number of nitrogens with zero attached hydrogens (tertiary/aromatic N) is 4. The largest absolute Gasteiger partial charge is 0.333 e. The first-order chi connectivity index (χ1) is 10.2. The molecule has 1 atom stereocenters. The maximum absolute atomic E-state index is 4.68. The Bertz CT molecular complexity index is 555. The van der Waals surface area contributed by atoms with Crippen molar-refractivity contribution in [2.24, 2.45) is 0 Å². The molecular formula is C16H27N5. The van der Waals surface area contributed by atoms with Crippen molar-refractivity contribution in [1.29, 1.82) is 0 Å². The third-order valence-electron chi connectivity index (χ3n) is 3.70. The molecular weight excluding hydrogens is 262 g/mol. The zero-order chi connectivity index (χ0) is 15.2. The average molecular weight is 289 g/mol. The summed E-state index contributed by atoms with van der Waals surface area (Å²) in [5, 5.41) is 8.24. The van der Waals surface area contributed by atoms with Gasteiger partial charge in [0.05, 0.1) is 11.4 Å². The summed E-state index contributed by atoms with van der Waals surface area (Å²) in [6, 6.07) is 2.31. The number of rotatable bonds is 8. The van der Waals surface area contributed by atoms with E-state index in [1.807, 2.05) is 6.20 Å². The van der Waals surface area contributed by atoms with Crippen molar-refractivity contribution in [3.63, 3.8) is 0 Å². The monoisotopic (exact) mass is 289 g/mol. The quantitative estimate of drug-likeness (QED) is 0.813. The van der Waals surface area contributed by atoms with Crippen LogP contribution in [0.5, 0.6) is 0 Å². The molecule has 2 aromatic heterocycles. The fourth-order valence-electron chi connectivity index (χ4n) is 2.69. The van der Waals surface area contributed by atoms with Crippen LogP contribution in [0.3, 0.4) is 0 Å². The highest BCUT2D eigenvalue weighted by atomic mass is 15.3. The van der Waals surface area contributed by atoms with Gasteiger partial charge in [-0.25, -0.2) is 4.98 Å². The second kappa shape index (κ2) is 7.41. The van der Waals surface area contributed by atoms with Gasteiger partial charge in [-0.3, -0.25) is 4.68 Å². The molecule has 2 rings (SSSR count). The lowest BCUT2D eigenvalue weighted by Gasteiger charge is -2.20. The van der Waals surface area contributed by atoms with E-state index in [0.29, 0.717) is 0 Å². The third kappa shape index (κ3) is 3.35. The first-order valence-electron chi connectivity index (χ1n) is 8.06. The predicted molar refractivity (Wildman–Crippen MR) is 85.3 cm³/mol. The Labute approximate surface area is 127 Å². The first-order valence-corrected chi connectivity index (χ1v) is 8.06. The van der Waals surface area contributed by atoms with Crippen molar-refractivity contribution >= 4 is 0 Å². The zero-order valence-electron chi connectivity index (χ0n) is 13.6. The lowest BCUT2D eigenvalue weighted by Crippen LogP contribution is -2.27. The minimum atomic E-state index is 0.101. The molecule has 2 aromatic rings. The predicted octanol–water partition coefficient (Wildman–Crippen LogP) is 2.77. The van der Waals surface area contributed by atoms with Crippen LogP contribution in [0.25, 0.3) is 0 Å². The SMILES string of the molecule is CCCn1ccnc1C(NCC)c1cc(CC)nn1CC. The van der Waals surface area contributed by atoms with Crippen molar-refractivity contribution in [1.82, 2.24) is 24.6 Å². The van der Waals surface area contributed by atoms with Gasteiger partial charge in [-0.2, -0.15) is 5.10 Å². The molecule has 5 heteroatoms. The van der Waals surface area contributed by atoms with Crippen LogP contribution < -0.4 is 5.32 Å². The smallest absolute Gasteiger partial charge is 0.132 e. The van der Waals surface area contributed by atoms with E-state index in [0.717, 1.165) is 44.0 Å². The van der Waals surface area contributed by atoms with E-state index in [9.17, 15) is 0 Å². The summed E-state index contributed by atoms with van der Waals surface area (Å²) in [7, 11) is 0. The summed E-state index contributed by atoms with van der Waals surface area (Å²) in [4.78, 5) is 4.60. The van der Waals surface area contributed by atoms with Crippen molar-refractivity contribution in [2.45, 2.75) is 59.7 Å². The molecule has 21 heavy (non-hydrogen) atoms. The van der Waals surface area contributed by atoms with Gasteiger partial charge in [-0.05, 0) is 32.4 Å². The van der Waals surface area contributed by atoms with Gasteiger partial charge in [-0.15, -0.1) is 0 Å². The molecule has 0 saturated heterocycles. The molecule has 1 unspecified atom stereocenters. The van der Waals surface area contributed by atoms with E-state index < -0.39 is 0 Å². The minimum absolute atomic E-state index is 0.101. The van der Waals surface area contributed by atoms with Gasteiger partial charge in [0.25, 0.3) is 0 Å². The zero-order valence-corrected chi connectivity index (χ0v) is 13.6. The van der Waals surface area contributed by atoms with E-state index in [1.165, 1.54) is 5.69 Å². The molecule has 0 aliphatic heterocycles. The molecule has 0 aromatic carbocycles. The minimum Gasteiger partial charge on any atom is -0.333 e. The summed E-state index contributed by atoms with van der Waals surface area (Å²) in [6.07, 6.45) is 6.02. The Balaban J connectivity index is 2.42. The Hall–Kier alpha value is -1.62. The third-order valence-corrected chi connectivity index (χ3v) is 3.70. The van der Waals surface area contributed by atoms with E-state index in [2.05, 4.69) is 64.6 Å². The van der Waals surface area contributed by atoms with E-state index in [1.54, 1.807) is 0 Å². The van der Waals surface area contributed by atoms with E-state index in [4.69, 9.17) is 0 Å². The highest BCUT2D eigenvalue weighted by Gasteiger charge is 2.22. The standard InChI is InChI=1S/C16H27N5/c1-5-10-20-11-9-18-16(20)15(17-7-3)14-12-13(6-2)19-21(14)8-4/h9,11-12,15,17H,5-8,10H2,1-4H3. The van der Waals surface area contributed by atoms with Crippen molar-refractivity contribution in [3.8, 4) is 0 Å². The maximum Gasteiger partial charge on any atom is 0.132 e. The van der Waals surface area contributed by atoms with Gasteiger partial charge in [0, 0.05) is 25.5 Å². The molecule has 0 saturated carbocycles. The average Bonchev–Trinajstić information content (AvgIpc) is 3.11. The highest BCUT2D eigenvalue weighted by molar-refractivity contribution is 5.22. The molecule has 1 N–H and O–H groups in total. The first kappa shape index (κ1) is 15.8. The van der Waals surface area contributed by atoms with Crippen LogP contribution in [-0.4, -0.2) is 25.9 Å². The summed E-state index contributed by atoms with van der Waals surface area (Å²) in [5.41, 5.74) is 2.35. The lowest BCUT2D eigenvalue weighted by molar-refractivity contribution is 0.498. The number of aryl methyl sites for hydroxylation is 3. The molecule has 0 aliphatic rings. The van der Waals surface area contributed by atoms with Gasteiger partial charge < -0.3 is 9.88 Å². The fourth-order valence-corrected chi connectivity index (χ4v) is 2.69. The fraction of sp³-hybridized carbons (Fsp3) is 0.625. The van der Waals surface area contributed by atoms with Crippen molar-refractivity contribution in [2.75, 3.05) is 6.54 Å². The molecule has 0 aliphatic carbocycles. The summed E-state index contributed by atoms with van der Waals surface area (Å²) >= 11 is 0. The van der Waals surface area contributed by atoms with Crippen LogP contribution >= 0.6 is 0 Å². The van der Waals surface area contributed by atoms with Gasteiger partial charge >= 0.3 is 0 Å².